The number of nitro groups is 1. The van der Waals surface area contributed by atoms with Crippen LogP contribution in [-0.2, 0) is 5.60 Å². The van der Waals surface area contributed by atoms with Crippen LogP contribution in [0, 0.1) is 21.7 Å². The Hall–Kier alpha value is -2.28. The van der Waals surface area contributed by atoms with Crippen molar-refractivity contribution in [2.75, 3.05) is 0 Å². The predicted molar refractivity (Wildman–Crippen MR) is 78.4 cm³/mol. The van der Waals surface area contributed by atoms with Crippen LogP contribution in [-0.4, -0.2) is 9.91 Å². The average molecular weight is 341 g/mol. The van der Waals surface area contributed by atoms with Gasteiger partial charge in [-0.3, -0.25) is 15.1 Å². The fraction of sp³-hybridized carbons (Fsp3) is 0.267. The minimum Gasteiger partial charge on any atom is -0.478 e. The summed E-state index contributed by atoms with van der Waals surface area (Å²) in [7, 11) is 0. The maximum absolute atomic E-state index is 14.1. The van der Waals surface area contributed by atoms with Gasteiger partial charge in [-0.05, 0) is 31.4 Å². The van der Waals surface area contributed by atoms with Gasteiger partial charge in [-0.15, -0.1) is 0 Å². The van der Waals surface area contributed by atoms with Gasteiger partial charge < -0.3 is 4.74 Å². The first-order valence-corrected chi connectivity index (χ1v) is 7.23. The van der Waals surface area contributed by atoms with E-state index in [0.29, 0.717) is 12.8 Å². The lowest BCUT2D eigenvalue weighted by molar-refractivity contribution is -0.385. The molecule has 8 heteroatoms. The summed E-state index contributed by atoms with van der Waals surface area (Å²) in [4.78, 5) is 13.9. The molecule has 0 radical (unpaired) electrons. The summed E-state index contributed by atoms with van der Waals surface area (Å²) < 4.78 is 33.8. The fourth-order valence-corrected chi connectivity index (χ4v) is 2.68. The third kappa shape index (κ3) is 2.84. The SMILES string of the molecule is O=[N+]([O-])c1ccc(OC2(c3ncc(Cl)cc3F)CCC2)c(F)c1. The van der Waals surface area contributed by atoms with Crippen LogP contribution in [0.15, 0.2) is 30.5 Å². The number of ether oxygens (including phenoxy) is 1. The Bertz CT molecular complexity index is 781. The van der Waals surface area contributed by atoms with Crippen LogP contribution >= 0.6 is 11.6 Å². The van der Waals surface area contributed by atoms with E-state index in [2.05, 4.69) is 4.98 Å². The second kappa shape index (κ2) is 5.73. The number of non-ortho nitro benzene ring substituents is 1. The molecule has 1 fully saturated rings. The molecule has 0 spiro atoms. The molecule has 0 unspecified atom stereocenters. The van der Waals surface area contributed by atoms with Gasteiger partial charge in [-0.25, -0.2) is 8.78 Å². The van der Waals surface area contributed by atoms with Crippen molar-refractivity contribution in [3.8, 4) is 5.75 Å². The van der Waals surface area contributed by atoms with Crippen molar-refractivity contribution in [2.24, 2.45) is 0 Å². The second-order valence-electron chi connectivity index (χ2n) is 5.31. The van der Waals surface area contributed by atoms with E-state index in [-0.39, 0.29) is 22.2 Å². The van der Waals surface area contributed by atoms with E-state index in [0.717, 1.165) is 24.6 Å². The number of benzene rings is 1. The molecule has 1 aromatic carbocycles. The van der Waals surface area contributed by atoms with Gasteiger partial charge in [-0.2, -0.15) is 0 Å². The maximum Gasteiger partial charge on any atom is 0.272 e. The Morgan fingerprint density at radius 3 is 2.52 bits per heavy atom. The number of nitro benzene ring substituents is 1. The molecule has 1 aliphatic carbocycles. The normalized spacial score (nSPS) is 15.8. The average Bonchev–Trinajstić information content (AvgIpc) is 2.45. The van der Waals surface area contributed by atoms with Crippen LogP contribution in [0.4, 0.5) is 14.5 Å². The smallest absolute Gasteiger partial charge is 0.272 e. The Labute approximate surface area is 135 Å². The monoisotopic (exact) mass is 340 g/mol. The molecule has 0 bridgehead atoms. The summed E-state index contributed by atoms with van der Waals surface area (Å²) in [6.45, 7) is 0. The largest absolute Gasteiger partial charge is 0.478 e. The molecule has 0 aliphatic heterocycles. The van der Waals surface area contributed by atoms with E-state index in [1.54, 1.807) is 0 Å². The van der Waals surface area contributed by atoms with Crippen molar-refractivity contribution in [1.82, 2.24) is 4.98 Å². The van der Waals surface area contributed by atoms with E-state index in [1.165, 1.54) is 12.3 Å². The number of nitrogens with zero attached hydrogens (tertiary/aromatic N) is 2. The van der Waals surface area contributed by atoms with E-state index in [4.69, 9.17) is 16.3 Å². The highest BCUT2D eigenvalue weighted by atomic mass is 35.5. The number of halogens is 3. The molecule has 1 heterocycles. The highest BCUT2D eigenvalue weighted by Gasteiger charge is 2.45. The highest BCUT2D eigenvalue weighted by molar-refractivity contribution is 6.30. The zero-order valence-corrected chi connectivity index (χ0v) is 12.5. The van der Waals surface area contributed by atoms with Gasteiger partial charge in [-0.1, -0.05) is 11.6 Å². The quantitative estimate of drug-likeness (QED) is 0.612. The van der Waals surface area contributed by atoms with Crippen LogP contribution in [0.1, 0.15) is 25.0 Å². The van der Waals surface area contributed by atoms with Gasteiger partial charge in [0.25, 0.3) is 5.69 Å². The number of hydrogen-bond acceptors (Lipinski definition) is 4. The lowest BCUT2D eigenvalue weighted by Crippen LogP contribution is -2.42. The number of hydrogen-bond donors (Lipinski definition) is 0. The Balaban J connectivity index is 1.95. The lowest BCUT2D eigenvalue weighted by Gasteiger charge is -2.41. The van der Waals surface area contributed by atoms with Crippen LogP contribution in [0.3, 0.4) is 0 Å². The third-order valence-electron chi connectivity index (χ3n) is 3.83. The second-order valence-corrected chi connectivity index (χ2v) is 5.74. The predicted octanol–water partition coefficient (Wildman–Crippen LogP) is 4.38. The Morgan fingerprint density at radius 1 is 1.26 bits per heavy atom. The van der Waals surface area contributed by atoms with Gasteiger partial charge in [0.05, 0.1) is 16.0 Å². The standard InChI is InChI=1S/C15H11ClF2N2O3/c16-9-6-12(18)14(19-8-9)15(4-1-5-15)23-13-3-2-10(20(21)22)7-11(13)17/h2-3,6-8H,1,4-5H2. The lowest BCUT2D eigenvalue weighted by atomic mass is 9.77. The van der Waals surface area contributed by atoms with E-state index in [9.17, 15) is 18.9 Å². The highest BCUT2D eigenvalue weighted by Crippen LogP contribution is 2.46. The molecule has 120 valence electrons. The summed E-state index contributed by atoms with van der Waals surface area (Å²) in [5, 5.41) is 10.8. The van der Waals surface area contributed by atoms with E-state index < -0.39 is 22.2 Å². The zero-order valence-electron chi connectivity index (χ0n) is 11.8. The third-order valence-corrected chi connectivity index (χ3v) is 4.04. The zero-order chi connectivity index (χ0) is 16.6. The molecular weight excluding hydrogens is 330 g/mol. The summed E-state index contributed by atoms with van der Waals surface area (Å²) in [6, 6.07) is 4.20. The molecule has 0 saturated heterocycles. The Morgan fingerprint density at radius 2 is 2.00 bits per heavy atom. The van der Waals surface area contributed by atoms with Gasteiger partial charge in [0.15, 0.2) is 17.2 Å². The minimum absolute atomic E-state index is 0.0610. The molecule has 2 aromatic rings. The van der Waals surface area contributed by atoms with E-state index >= 15 is 0 Å². The molecule has 1 saturated carbocycles. The van der Waals surface area contributed by atoms with Gasteiger partial charge in [0, 0.05) is 12.3 Å². The molecule has 23 heavy (non-hydrogen) atoms. The summed E-state index contributed by atoms with van der Waals surface area (Å²) in [5.41, 5.74) is -1.40. The topological polar surface area (TPSA) is 65.3 Å². The van der Waals surface area contributed by atoms with Crippen molar-refractivity contribution in [3.05, 3.63) is 62.9 Å². The first kappa shape index (κ1) is 15.6. The number of pyridine rings is 1. The molecule has 1 aromatic heterocycles. The van der Waals surface area contributed by atoms with Crippen molar-refractivity contribution in [2.45, 2.75) is 24.9 Å². The maximum atomic E-state index is 14.1. The summed E-state index contributed by atoms with van der Waals surface area (Å²) >= 11 is 5.69. The van der Waals surface area contributed by atoms with Crippen molar-refractivity contribution < 1.29 is 18.4 Å². The number of aromatic nitrogens is 1. The van der Waals surface area contributed by atoms with Crippen LogP contribution in [0.25, 0.3) is 0 Å². The van der Waals surface area contributed by atoms with Crippen molar-refractivity contribution in [1.29, 1.82) is 0 Å². The number of rotatable bonds is 4. The van der Waals surface area contributed by atoms with Gasteiger partial charge in [0.1, 0.15) is 11.5 Å². The van der Waals surface area contributed by atoms with Crippen LogP contribution in [0.2, 0.25) is 5.02 Å². The van der Waals surface area contributed by atoms with Crippen molar-refractivity contribution >= 4 is 17.3 Å². The molecule has 0 atom stereocenters. The van der Waals surface area contributed by atoms with E-state index in [1.807, 2.05) is 0 Å². The molecule has 0 N–H and O–H groups in total. The molecule has 0 amide bonds. The van der Waals surface area contributed by atoms with Crippen LogP contribution < -0.4 is 4.74 Å². The fourth-order valence-electron chi connectivity index (χ4n) is 2.53. The van der Waals surface area contributed by atoms with Crippen LogP contribution in [0.5, 0.6) is 5.75 Å². The first-order valence-electron chi connectivity index (χ1n) is 6.86. The summed E-state index contributed by atoms with van der Waals surface area (Å²) in [5.74, 6) is -1.68. The molecule has 5 nitrogen and oxygen atoms in total. The molecule has 1 aliphatic rings. The molecule has 3 rings (SSSR count). The summed E-state index contributed by atoms with van der Waals surface area (Å²) in [6.07, 6.45) is 3.01. The Kier molecular flexibility index (Phi) is 3.89. The minimum atomic E-state index is -1.08. The first-order chi connectivity index (χ1) is 10.9. The molecular formula is C15H11ClF2N2O3. The van der Waals surface area contributed by atoms with Gasteiger partial charge >= 0.3 is 0 Å². The van der Waals surface area contributed by atoms with Gasteiger partial charge in [0.2, 0.25) is 0 Å². The van der Waals surface area contributed by atoms with Crippen molar-refractivity contribution in [3.63, 3.8) is 0 Å².